The van der Waals surface area contributed by atoms with E-state index in [1.807, 2.05) is 0 Å². The second-order valence-electron chi connectivity index (χ2n) is 6.23. The van der Waals surface area contributed by atoms with Crippen LogP contribution in [0.4, 0.5) is 4.39 Å². The molecule has 0 radical (unpaired) electrons. The largest absolute Gasteiger partial charge is 0.349 e. The molecule has 2 aliphatic rings. The van der Waals surface area contributed by atoms with E-state index in [1.165, 1.54) is 43.9 Å². The van der Waals surface area contributed by atoms with Gasteiger partial charge in [0.25, 0.3) is 5.91 Å². The Kier molecular flexibility index (Phi) is 3.72. The summed E-state index contributed by atoms with van der Waals surface area (Å²) in [5, 5.41) is 3.21. The van der Waals surface area contributed by atoms with Crippen LogP contribution in [0.5, 0.6) is 0 Å². The first-order valence-electron chi connectivity index (χ1n) is 7.30. The van der Waals surface area contributed by atoms with Crippen LogP contribution in [0.25, 0.3) is 0 Å². The third-order valence-corrected chi connectivity index (χ3v) is 5.28. The molecule has 2 bridgehead atoms. The highest BCUT2D eigenvalue weighted by Gasteiger charge is 2.42. The minimum absolute atomic E-state index is 0.152. The Balaban J connectivity index is 1.66. The van der Waals surface area contributed by atoms with Gasteiger partial charge >= 0.3 is 0 Å². The van der Waals surface area contributed by atoms with E-state index in [-0.39, 0.29) is 17.0 Å². The number of amides is 1. The van der Waals surface area contributed by atoms with Crippen molar-refractivity contribution in [3.63, 3.8) is 0 Å². The van der Waals surface area contributed by atoms with Gasteiger partial charge in [-0.2, -0.15) is 0 Å². The molecule has 108 valence electrons. The maximum absolute atomic E-state index is 13.0. The first kappa shape index (κ1) is 13.9. The van der Waals surface area contributed by atoms with E-state index in [2.05, 4.69) is 12.2 Å². The van der Waals surface area contributed by atoms with Gasteiger partial charge in [-0.1, -0.05) is 18.0 Å². The third-order valence-electron chi connectivity index (χ3n) is 4.97. The van der Waals surface area contributed by atoms with Gasteiger partial charge in [0, 0.05) is 6.04 Å². The minimum Gasteiger partial charge on any atom is -0.349 e. The van der Waals surface area contributed by atoms with E-state index in [1.54, 1.807) is 0 Å². The summed E-state index contributed by atoms with van der Waals surface area (Å²) in [7, 11) is 0. The van der Waals surface area contributed by atoms with E-state index in [9.17, 15) is 9.18 Å². The van der Waals surface area contributed by atoms with Crippen LogP contribution in [0.2, 0.25) is 5.02 Å². The zero-order chi connectivity index (χ0) is 14.3. The molecule has 2 nitrogen and oxygen atoms in total. The summed E-state index contributed by atoms with van der Waals surface area (Å²) in [6.45, 7) is 2.07. The van der Waals surface area contributed by atoms with E-state index in [4.69, 9.17) is 11.6 Å². The topological polar surface area (TPSA) is 29.1 Å². The Morgan fingerprint density at radius 2 is 2.20 bits per heavy atom. The molecular formula is C16H19ClFNO. The van der Waals surface area contributed by atoms with Gasteiger partial charge in [-0.3, -0.25) is 4.79 Å². The van der Waals surface area contributed by atoms with Crippen LogP contribution < -0.4 is 5.32 Å². The molecule has 3 rings (SSSR count). The van der Waals surface area contributed by atoms with E-state index in [0.29, 0.717) is 11.5 Å². The number of carbonyl (C=O) groups excluding carboxylic acids is 1. The summed E-state index contributed by atoms with van der Waals surface area (Å²) >= 11 is 5.93. The van der Waals surface area contributed by atoms with Crippen LogP contribution >= 0.6 is 11.6 Å². The average molecular weight is 296 g/mol. The molecular weight excluding hydrogens is 277 g/mol. The van der Waals surface area contributed by atoms with Gasteiger partial charge in [0.05, 0.1) is 10.6 Å². The Bertz CT molecular complexity index is 533. The van der Waals surface area contributed by atoms with Crippen LogP contribution in [0.3, 0.4) is 0 Å². The van der Waals surface area contributed by atoms with Crippen molar-refractivity contribution in [1.29, 1.82) is 0 Å². The lowest BCUT2D eigenvalue weighted by Gasteiger charge is -2.28. The summed E-state index contributed by atoms with van der Waals surface area (Å²) in [6.07, 6.45) is 5.20. The lowest BCUT2D eigenvalue weighted by molar-refractivity contribution is 0.0915. The van der Waals surface area contributed by atoms with Crippen LogP contribution in [-0.4, -0.2) is 11.9 Å². The first-order valence-corrected chi connectivity index (χ1v) is 7.68. The Labute approximate surface area is 123 Å². The van der Waals surface area contributed by atoms with Gasteiger partial charge in [-0.15, -0.1) is 0 Å². The zero-order valence-electron chi connectivity index (χ0n) is 11.5. The Hall–Kier alpha value is -1.09. The fourth-order valence-corrected chi connectivity index (χ4v) is 4.22. The fourth-order valence-electron chi connectivity index (χ4n) is 3.97. The summed E-state index contributed by atoms with van der Waals surface area (Å²) in [6, 6.07) is 4.04. The summed E-state index contributed by atoms with van der Waals surface area (Å²) in [4.78, 5) is 12.2. The van der Waals surface area contributed by atoms with E-state index < -0.39 is 5.82 Å². The van der Waals surface area contributed by atoms with Gasteiger partial charge in [-0.25, -0.2) is 4.39 Å². The monoisotopic (exact) mass is 295 g/mol. The van der Waals surface area contributed by atoms with Crippen molar-refractivity contribution >= 4 is 17.5 Å². The van der Waals surface area contributed by atoms with Crippen LogP contribution in [0.15, 0.2) is 18.2 Å². The van der Waals surface area contributed by atoms with Crippen molar-refractivity contribution in [3.8, 4) is 0 Å². The molecule has 1 aromatic carbocycles. The maximum Gasteiger partial charge on any atom is 0.253 e. The normalized spacial score (nSPS) is 29.4. The number of rotatable bonds is 3. The van der Waals surface area contributed by atoms with Crippen molar-refractivity contribution < 1.29 is 9.18 Å². The van der Waals surface area contributed by atoms with Crippen LogP contribution in [0.1, 0.15) is 43.0 Å². The number of fused-ring (bicyclic) bond motifs is 2. The van der Waals surface area contributed by atoms with E-state index >= 15 is 0 Å². The van der Waals surface area contributed by atoms with Crippen molar-refractivity contribution in [2.75, 3.05) is 0 Å². The predicted octanol–water partition coefficient (Wildman–Crippen LogP) is 4.03. The number of hydrogen-bond acceptors (Lipinski definition) is 1. The molecule has 0 unspecified atom stereocenters. The molecule has 1 N–H and O–H groups in total. The van der Waals surface area contributed by atoms with Gasteiger partial charge in [0.15, 0.2) is 0 Å². The Morgan fingerprint density at radius 3 is 2.80 bits per heavy atom. The van der Waals surface area contributed by atoms with Crippen molar-refractivity contribution in [2.45, 2.75) is 38.6 Å². The van der Waals surface area contributed by atoms with Crippen molar-refractivity contribution in [1.82, 2.24) is 5.32 Å². The third kappa shape index (κ3) is 2.56. The molecule has 0 aromatic heterocycles. The second-order valence-corrected chi connectivity index (χ2v) is 6.63. The summed E-state index contributed by atoms with van der Waals surface area (Å²) < 4.78 is 13.0. The Morgan fingerprint density at radius 1 is 1.40 bits per heavy atom. The molecule has 0 spiro atoms. The number of benzene rings is 1. The lowest BCUT2D eigenvalue weighted by Crippen LogP contribution is -2.40. The molecule has 20 heavy (non-hydrogen) atoms. The average Bonchev–Trinajstić information content (AvgIpc) is 3.00. The van der Waals surface area contributed by atoms with Gasteiger partial charge in [-0.05, 0) is 62.1 Å². The number of halogens is 2. The highest BCUT2D eigenvalue weighted by Crippen LogP contribution is 2.49. The van der Waals surface area contributed by atoms with Crippen LogP contribution in [0, 0.1) is 23.6 Å². The molecule has 1 amide bonds. The summed E-state index contributed by atoms with van der Waals surface area (Å²) in [5.41, 5.74) is 0.350. The molecule has 2 fully saturated rings. The molecule has 4 heteroatoms. The van der Waals surface area contributed by atoms with Crippen LogP contribution in [-0.2, 0) is 0 Å². The second kappa shape index (κ2) is 5.36. The smallest absolute Gasteiger partial charge is 0.253 e. The highest BCUT2D eigenvalue weighted by molar-refractivity contribution is 6.33. The standard InChI is InChI=1S/C16H19ClFNO/c1-9(14-7-10-2-3-11(14)6-10)19-16(20)13-5-4-12(18)8-15(13)17/h4-5,8-11,14H,2-3,6-7H2,1H3,(H,19,20)/t9-,10+,11+,14-/m1/s1. The molecule has 0 aliphatic heterocycles. The molecule has 2 saturated carbocycles. The van der Waals surface area contributed by atoms with Gasteiger partial charge in [0.1, 0.15) is 5.82 Å². The van der Waals surface area contributed by atoms with Gasteiger partial charge in [0.2, 0.25) is 0 Å². The minimum atomic E-state index is -0.423. The first-order chi connectivity index (χ1) is 9.54. The lowest BCUT2D eigenvalue weighted by atomic mass is 9.84. The fraction of sp³-hybridized carbons (Fsp3) is 0.562. The molecule has 0 saturated heterocycles. The molecule has 1 aromatic rings. The van der Waals surface area contributed by atoms with Crippen molar-refractivity contribution in [2.24, 2.45) is 17.8 Å². The number of carbonyl (C=O) groups is 1. The predicted molar refractivity (Wildman–Crippen MR) is 77.3 cm³/mol. The van der Waals surface area contributed by atoms with E-state index in [0.717, 1.165) is 11.8 Å². The maximum atomic E-state index is 13.0. The SMILES string of the molecule is C[C@@H](NC(=O)c1ccc(F)cc1Cl)[C@H]1C[C@H]2CC[C@H]1C2. The zero-order valence-corrected chi connectivity index (χ0v) is 12.3. The molecule has 2 aliphatic carbocycles. The quantitative estimate of drug-likeness (QED) is 0.896. The van der Waals surface area contributed by atoms with Gasteiger partial charge < -0.3 is 5.32 Å². The highest BCUT2D eigenvalue weighted by atomic mass is 35.5. The molecule has 0 heterocycles. The number of hydrogen-bond donors (Lipinski definition) is 1. The number of nitrogens with one attached hydrogen (secondary N) is 1. The molecule has 4 atom stereocenters. The van der Waals surface area contributed by atoms with Crippen molar-refractivity contribution in [3.05, 3.63) is 34.6 Å². The summed E-state index contributed by atoms with van der Waals surface area (Å²) in [5.74, 6) is 1.58.